The quantitative estimate of drug-likeness (QED) is 0.781. The van der Waals surface area contributed by atoms with E-state index in [9.17, 15) is 4.79 Å². The smallest absolute Gasteiger partial charge is 0.200 e. The second-order valence-electron chi connectivity index (χ2n) is 5.52. The highest BCUT2D eigenvalue weighted by Gasteiger charge is 2.13. The van der Waals surface area contributed by atoms with Gasteiger partial charge < -0.3 is 14.6 Å². The SMILES string of the molecule is CCNc1nccc2c1c(=O)c(-c1ccc(OCC)cc1)cn2C. The van der Waals surface area contributed by atoms with Crippen LogP contribution in [-0.4, -0.2) is 22.7 Å². The average Bonchev–Trinajstić information content (AvgIpc) is 2.59. The van der Waals surface area contributed by atoms with Gasteiger partial charge in [-0.15, -0.1) is 0 Å². The van der Waals surface area contributed by atoms with Gasteiger partial charge in [-0.2, -0.15) is 0 Å². The number of benzene rings is 1. The van der Waals surface area contributed by atoms with Crippen molar-refractivity contribution in [1.82, 2.24) is 9.55 Å². The number of hydrogen-bond donors (Lipinski definition) is 1. The summed E-state index contributed by atoms with van der Waals surface area (Å²) >= 11 is 0. The lowest BCUT2D eigenvalue weighted by Gasteiger charge is -2.12. The van der Waals surface area contributed by atoms with Crippen LogP contribution in [-0.2, 0) is 7.05 Å². The van der Waals surface area contributed by atoms with E-state index in [4.69, 9.17) is 4.74 Å². The van der Waals surface area contributed by atoms with Crippen molar-refractivity contribution in [2.75, 3.05) is 18.5 Å². The molecule has 2 heterocycles. The van der Waals surface area contributed by atoms with E-state index < -0.39 is 0 Å². The maximum atomic E-state index is 13.1. The average molecular weight is 323 g/mol. The lowest BCUT2D eigenvalue weighted by Crippen LogP contribution is -2.14. The van der Waals surface area contributed by atoms with Crippen LogP contribution in [0.2, 0.25) is 0 Å². The zero-order valence-electron chi connectivity index (χ0n) is 14.2. The van der Waals surface area contributed by atoms with Gasteiger partial charge in [0, 0.05) is 31.5 Å². The first-order valence-electron chi connectivity index (χ1n) is 8.11. The van der Waals surface area contributed by atoms with Gasteiger partial charge in [0.25, 0.3) is 0 Å². The summed E-state index contributed by atoms with van der Waals surface area (Å²) < 4.78 is 7.43. The molecule has 0 aliphatic carbocycles. The third-order valence-electron chi connectivity index (χ3n) is 3.92. The number of anilines is 1. The molecule has 24 heavy (non-hydrogen) atoms. The van der Waals surface area contributed by atoms with Crippen molar-refractivity contribution < 1.29 is 4.74 Å². The molecular weight excluding hydrogens is 302 g/mol. The third kappa shape index (κ3) is 2.85. The van der Waals surface area contributed by atoms with E-state index in [0.29, 0.717) is 29.9 Å². The number of hydrogen-bond acceptors (Lipinski definition) is 4. The monoisotopic (exact) mass is 323 g/mol. The van der Waals surface area contributed by atoms with Gasteiger partial charge in [0.2, 0.25) is 5.43 Å². The zero-order valence-corrected chi connectivity index (χ0v) is 14.2. The van der Waals surface area contributed by atoms with Crippen molar-refractivity contribution in [3.63, 3.8) is 0 Å². The molecule has 0 spiro atoms. The van der Waals surface area contributed by atoms with Crippen LogP contribution in [0.15, 0.2) is 47.5 Å². The minimum Gasteiger partial charge on any atom is -0.494 e. The van der Waals surface area contributed by atoms with Crippen molar-refractivity contribution in [2.45, 2.75) is 13.8 Å². The predicted molar refractivity (Wildman–Crippen MR) is 97.8 cm³/mol. The number of nitrogens with zero attached hydrogens (tertiary/aromatic N) is 2. The molecule has 0 saturated heterocycles. The van der Waals surface area contributed by atoms with Gasteiger partial charge in [-0.1, -0.05) is 12.1 Å². The van der Waals surface area contributed by atoms with Crippen LogP contribution in [0.1, 0.15) is 13.8 Å². The number of aromatic nitrogens is 2. The summed E-state index contributed by atoms with van der Waals surface area (Å²) in [5.74, 6) is 1.43. The van der Waals surface area contributed by atoms with Crippen LogP contribution < -0.4 is 15.5 Å². The lowest BCUT2D eigenvalue weighted by molar-refractivity contribution is 0.340. The second kappa shape index (κ2) is 6.74. The van der Waals surface area contributed by atoms with E-state index >= 15 is 0 Å². The number of nitrogens with one attached hydrogen (secondary N) is 1. The molecule has 5 heteroatoms. The minimum absolute atomic E-state index is 0.0173. The highest BCUT2D eigenvalue weighted by molar-refractivity contribution is 5.92. The van der Waals surface area contributed by atoms with Crippen LogP contribution in [0.5, 0.6) is 5.75 Å². The van der Waals surface area contributed by atoms with E-state index in [1.54, 1.807) is 6.20 Å². The first kappa shape index (κ1) is 16.1. The number of ether oxygens (including phenoxy) is 1. The van der Waals surface area contributed by atoms with Gasteiger partial charge in [-0.05, 0) is 37.6 Å². The summed E-state index contributed by atoms with van der Waals surface area (Å²) in [7, 11) is 1.94. The molecule has 2 aromatic heterocycles. The molecule has 0 saturated carbocycles. The second-order valence-corrected chi connectivity index (χ2v) is 5.52. The summed E-state index contributed by atoms with van der Waals surface area (Å²) in [5.41, 5.74) is 2.37. The van der Waals surface area contributed by atoms with E-state index in [-0.39, 0.29) is 5.43 Å². The molecule has 124 valence electrons. The molecule has 0 fully saturated rings. The summed E-state index contributed by atoms with van der Waals surface area (Å²) in [6.45, 7) is 5.26. The van der Waals surface area contributed by atoms with Crippen molar-refractivity contribution in [3.8, 4) is 16.9 Å². The summed E-state index contributed by atoms with van der Waals surface area (Å²) in [6, 6.07) is 9.46. The zero-order chi connectivity index (χ0) is 17.1. The molecule has 0 atom stereocenters. The summed E-state index contributed by atoms with van der Waals surface area (Å²) in [5, 5.41) is 3.80. The molecule has 3 aromatic rings. The normalized spacial score (nSPS) is 10.8. The Morgan fingerprint density at radius 1 is 1.17 bits per heavy atom. The first-order valence-corrected chi connectivity index (χ1v) is 8.11. The van der Waals surface area contributed by atoms with Crippen LogP contribution in [0.3, 0.4) is 0 Å². The molecule has 0 unspecified atom stereocenters. The number of pyridine rings is 2. The summed E-state index contributed by atoms with van der Waals surface area (Å²) in [4.78, 5) is 17.4. The van der Waals surface area contributed by atoms with Crippen molar-refractivity contribution >= 4 is 16.7 Å². The Bertz CT molecular complexity index is 914. The Kier molecular flexibility index (Phi) is 4.51. The molecule has 0 radical (unpaired) electrons. The van der Waals surface area contributed by atoms with E-state index in [0.717, 1.165) is 16.8 Å². The van der Waals surface area contributed by atoms with Gasteiger partial charge >= 0.3 is 0 Å². The van der Waals surface area contributed by atoms with Gasteiger partial charge in [0.15, 0.2) is 0 Å². The Balaban J connectivity index is 2.20. The summed E-state index contributed by atoms with van der Waals surface area (Å²) in [6.07, 6.45) is 3.59. The fourth-order valence-electron chi connectivity index (χ4n) is 2.83. The van der Waals surface area contributed by atoms with Crippen LogP contribution in [0, 0.1) is 0 Å². The Labute approximate surface area is 140 Å². The molecule has 0 amide bonds. The van der Waals surface area contributed by atoms with Crippen molar-refractivity contribution in [2.24, 2.45) is 7.05 Å². The molecular formula is C19H21N3O2. The highest BCUT2D eigenvalue weighted by Crippen LogP contribution is 2.24. The Morgan fingerprint density at radius 2 is 1.92 bits per heavy atom. The van der Waals surface area contributed by atoms with Crippen LogP contribution >= 0.6 is 0 Å². The maximum Gasteiger partial charge on any atom is 0.200 e. The number of fused-ring (bicyclic) bond motifs is 1. The first-order chi connectivity index (χ1) is 11.7. The molecule has 1 aromatic carbocycles. The number of aryl methyl sites for hydroxylation is 1. The van der Waals surface area contributed by atoms with Gasteiger partial charge in [0.1, 0.15) is 11.6 Å². The van der Waals surface area contributed by atoms with Crippen molar-refractivity contribution in [3.05, 3.63) is 52.9 Å². The fourth-order valence-corrected chi connectivity index (χ4v) is 2.83. The molecule has 0 aliphatic rings. The fraction of sp³-hybridized carbons (Fsp3) is 0.263. The lowest BCUT2D eigenvalue weighted by atomic mass is 10.0. The number of rotatable bonds is 5. The highest BCUT2D eigenvalue weighted by atomic mass is 16.5. The van der Waals surface area contributed by atoms with E-state index in [1.165, 1.54) is 0 Å². The third-order valence-corrected chi connectivity index (χ3v) is 3.92. The molecule has 3 rings (SSSR count). The topological polar surface area (TPSA) is 56.1 Å². The molecule has 0 bridgehead atoms. The van der Waals surface area contributed by atoms with E-state index in [1.807, 2.05) is 62.0 Å². The van der Waals surface area contributed by atoms with Crippen LogP contribution in [0.25, 0.3) is 22.0 Å². The van der Waals surface area contributed by atoms with Gasteiger partial charge in [-0.25, -0.2) is 4.98 Å². The predicted octanol–water partition coefficient (Wildman–Crippen LogP) is 3.43. The van der Waals surface area contributed by atoms with Gasteiger partial charge in [-0.3, -0.25) is 4.79 Å². The van der Waals surface area contributed by atoms with Crippen LogP contribution in [0.4, 0.5) is 5.82 Å². The Morgan fingerprint density at radius 3 is 2.58 bits per heavy atom. The molecule has 0 aliphatic heterocycles. The van der Waals surface area contributed by atoms with E-state index in [2.05, 4.69) is 10.3 Å². The molecule has 1 N–H and O–H groups in total. The standard InChI is InChI=1S/C19H21N3O2/c1-4-20-19-17-16(10-11-21-19)22(3)12-15(18(17)23)13-6-8-14(9-7-13)24-5-2/h6-12H,4-5H2,1-3H3,(H,20,21). The Hall–Kier alpha value is -2.82. The van der Waals surface area contributed by atoms with Crippen molar-refractivity contribution in [1.29, 1.82) is 0 Å². The van der Waals surface area contributed by atoms with Gasteiger partial charge in [0.05, 0.1) is 17.5 Å². The molecule has 5 nitrogen and oxygen atoms in total. The largest absolute Gasteiger partial charge is 0.494 e. The maximum absolute atomic E-state index is 13.1. The minimum atomic E-state index is -0.0173.